The van der Waals surface area contributed by atoms with Crippen molar-refractivity contribution in [2.75, 3.05) is 6.61 Å². The molecule has 5 rings (SSSR count). The summed E-state index contributed by atoms with van der Waals surface area (Å²) in [4.78, 5) is 32.4. The Hall–Kier alpha value is -3.40. The third kappa shape index (κ3) is 5.20. The second kappa shape index (κ2) is 10.5. The summed E-state index contributed by atoms with van der Waals surface area (Å²) in [6.07, 6.45) is 1.65. The van der Waals surface area contributed by atoms with Crippen molar-refractivity contribution in [2.45, 2.75) is 29.9 Å². The van der Waals surface area contributed by atoms with E-state index >= 15 is 0 Å². The van der Waals surface area contributed by atoms with E-state index in [9.17, 15) is 14.0 Å². The molecule has 10 heteroatoms. The molecule has 4 aromatic rings. The molecule has 1 atom stereocenters. The summed E-state index contributed by atoms with van der Waals surface area (Å²) in [5.41, 5.74) is 0.925. The molecule has 0 fully saturated rings. The summed E-state index contributed by atoms with van der Waals surface area (Å²) in [6.45, 7) is 3.58. The van der Waals surface area contributed by atoms with Gasteiger partial charge in [0.2, 0.25) is 0 Å². The number of hydrogen-bond acceptors (Lipinski definition) is 7. The molecule has 0 N–H and O–H groups in total. The average Bonchev–Trinajstić information content (AvgIpc) is 3.44. The first-order chi connectivity index (χ1) is 17.8. The molecule has 0 aliphatic carbocycles. The van der Waals surface area contributed by atoms with Crippen molar-refractivity contribution in [3.8, 4) is 0 Å². The Balaban J connectivity index is 1.57. The minimum Gasteiger partial charge on any atom is -0.463 e. The molecule has 3 heterocycles. The quantitative estimate of drug-likeness (QED) is 0.301. The fraction of sp³-hybridized carbons (Fsp3) is 0.148. The lowest BCUT2D eigenvalue weighted by atomic mass is 9.96. The monoisotopic (exact) mass is 554 g/mol. The standard InChI is InChI=1S/C27H20ClFN2O4S2/c1-3-34-26(33)23-15(2)30-27-31(24(23)16-4-8-18(29)9-5-16)25(32)21(37-27)14-19-10-13-22(35-19)36-20-11-6-17(28)7-12-20/h4-14,24H,3H2,1-2H3/b21-14+/t24-/m1/s1. The van der Waals surface area contributed by atoms with Gasteiger partial charge in [-0.25, -0.2) is 14.2 Å². The van der Waals surface area contributed by atoms with Crippen LogP contribution in [0.15, 0.2) is 96.1 Å². The van der Waals surface area contributed by atoms with Gasteiger partial charge in [0, 0.05) is 16.0 Å². The third-order valence-corrected chi connectivity index (χ3v) is 7.77. The Morgan fingerprint density at radius 2 is 1.92 bits per heavy atom. The number of ether oxygens (including phenoxy) is 1. The first-order valence-corrected chi connectivity index (χ1v) is 13.3. The normalized spacial score (nSPS) is 15.5. The molecule has 0 saturated carbocycles. The van der Waals surface area contributed by atoms with Crippen LogP contribution in [-0.2, 0) is 9.53 Å². The van der Waals surface area contributed by atoms with Gasteiger partial charge in [0.1, 0.15) is 11.6 Å². The molecule has 0 spiro atoms. The number of fused-ring (bicyclic) bond motifs is 1. The van der Waals surface area contributed by atoms with Crippen LogP contribution in [0, 0.1) is 5.82 Å². The first kappa shape index (κ1) is 25.3. The van der Waals surface area contributed by atoms with E-state index < -0.39 is 17.8 Å². The number of rotatable bonds is 6. The van der Waals surface area contributed by atoms with E-state index in [-0.39, 0.29) is 17.7 Å². The number of halogens is 2. The van der Waals surface area contributed by atoms with E-state index in [0.29, 0.717) is 36.5 Å². The predicted molar refractivity (Wildman–Crippen MR) is 141 cm³/mol. The smallest absolute Gasteiger partial charge is 0.338 e. The number of thiazole rings is 1. The van der Waals surface area contributed by atoms with E-state index in [1.165, 1.54) is 39.8 Å². The van der Waals surface area contributed by atoms with E-state index in [1.807, 2.05) is 18.2 Å². The van der Waals surface area contributed by atoms with Gasteiger partial charge in [-0.3, -0.25) is 9.36 Å². The number of allylic oxidation sites excluding steroid dienone is 1. The number of hydrogen-bond donors (Lipinski definition) is 0. The van der Waals surface area contributed by atoms with E-state index in [4.69, 9.17) is 20.8 Å². The Bertz CT molecular complexity index is 1690. The van der Waals surface area contributed by atoms with Gasteiger partial charge in [0.15, 0.2) is 9.89 Å². The number of furan rings is 1. The summed E-state index contributed by atoms with van der Waals surface area (Å²) in [5, 5.41) is 1.31. The number of carbonyl (C=O) groups excluding carboxylic acids is 1. The van der Waals surface area contributed by atoms with Crippen LogP contribution in [0.1, 0.15) is 31.2 Å². The van der Waals surface area contributed by atoms with Gasteiger partial charge >= 0.3 is 5.97 Å². The highest BCUT2D eigenvalue weighted by molar-refractivity contribution is 7.99. The second-order valence-electron chi connectivity index (χ2n) is 8.07. The van der Waals surface area contributed by atoms with E-state index in [2.05, 4.69) is 4.99 Å². The fourth-order valence-electron chi connectivity index (χ4n) is 3.97. The lowest BCUT2D eigenvalue weighted by molar-refractivity contribution is -0.139. The van der Waals surface area contributed by atoms with Crippen molar-refractivity contribution in [1.29, 1.82) is 0 Å². The minimum absolute atomic E-state index is 0.172. The van der Waals surface area contributed by atoms with Crippen molar-refractivity contribution in [1.82, 2.24) is 4.57 Å². The Morgan fingerprint density at radius 3 is 2.62 bits per heavy atom. The summed E-state index contributed by atoms with van der Waals surface area (Å²) in [6, 6.07) is 15.9. The van der Waals surface area contributed by atoms with Crippen LogP contribution >= 0.6 is 34.7 Å². The highest BCUT2D eigenvalue weighted by Crippen LogP contribution is 2.32. The van der Waals surface area contributed by atoms with Gasteiger partial charge < -0.3 is 9.15 Å². The highest BCUT2D eigenvalue weighted by atomic mass is 35.5. The number of aromatic nitrogens is 1. The van der Waals surface area contributed by atoms with Crippen LogP contribution in [-0.4, -0.2) is 17.1 Å². The average molecular weight is 555 g/mol. The number of nitrogens with zero attached hydrogens (tertiary/aromatic N) is 2. The molecule has 0 bridgehead atoms. The molecular weight excluding hydrogens is 535 g/mol. The Labute approximate surface area is 224 Å². The van der Waals surface area contributed by atoms with Crippen molar-refractivity contribution in [2.24, 2.45) is 4.99 Å². The highest BCUT2D eigenvalue weighted by Gasteiger charge is 2.33. The van der Waals surface area contributed by atoms with Crippen LogP contribution in [0.4, 0.5) is 4.39 Å². The molecule has 6 nitrogen and oxygen atoms in total. The fourth-order valence-corrected chi connectivity index (χ4v) is 5.90. The molecule has 37 heavy (non-hydrogen) atoms. The van der Waals surface area contributed by atoms with Crippen LogP contribution in [0.2, 0.25) is 5.02 Å². The molecular formula is C27H20ClFN2O4S2. The first-order valence-electron chi connectivity index (χ1n) is 11.3. The second-order valence-corrected chi connectivity index (χ2v) is 10.6. The van der Waals surface area contributed by atoms with Crippen LogP contribution in [0.25, 0.3) is 6.08 Å². The maximum Gasteiger partial charge on any atom is 0.338 e. The molecule has 0 amide bonds. The lowest BCUT2D eigenvalue weighted by Gasteiger charge is -2.24. The molecule has 2 aromatic heterocycles. The number of carbonyl (C=O) groups is 1. The maximum atomic E-state index is 13.7. The van der Waals surface area contributed by atoms with Gasteiger partial charge in [-0.2, -0.15) is 0 Å². The molecule has 2 aromatic carbocycles. The Morgan fingerprint density at radius 1 is 1.19 bits per heavy atom. The van der Waals surface area contributed by atoms with Gasteiger partial charge in [-0.15, -0.1) is 0 Å². The Kier molecular flexibility index (Phi) is 7.19. The molecule has 0 unspecified atom stereocenters. The van der Waals surface area contributed by atoms with Crippen molar-refractivity contribution in [3.05, 3.63) is 114 Å². The zero-order chi connectivity index (χ0) is 26.1. The maximum absolute atomic E-state index is 13.7. The summed E-state index contributed by atoms with van der Waals surface area (Å²) in [5.74, 6) is -0.483. The summed E-state index contributed by atoms with van der Waals surface area (Å²) >= 11 is 8.58. The summed E-state index contributed by atoms with van der Waals surface area (Å²) in [7, 11) is 0. The van der Waals surface area contributed by atoms with Gasteiger partial charge in [0.25, 0.3) is 5.56 Å². The van der Waals surface area contributed by atoms with E-state index in [1.54, 1.807) is 50.3 Å². The van der Waals surface area contributed by atoms with Crippen LogP contribution in [0.5, 0.6) is 0 Å². The largest absolute Gasteiger partial charge is 0.463 e. The van der Waals surface area contributed by atoms with Gasteiger partial charge in [-0.05, 0) is 67.9 Å². The third-order valence-electron chi connectivity index (χ3n) is 5.61. The molecule has 188 valence electrons. The molecule has 1 aliphatic heterocycles. The topological polar surface area (TPSA) is 73.8 Å². The SMILES string of the molecule is CCOC(=O)C1=C(C)N=c2s/c(=C/c3ccc(Sc4ccc(Cl)cc4)o3)c(=O)n2[C@@H]1c1ccc(F)cc1. The number of benzene rings is 2. The molecule has 0 radical (unpaired) electrons. The predicted octanol–water partition coefficient (Wildman–Crippen LogP) is 5.34. The minimum atomic E-state index is -0.800. The molecule has 1 aliphatic rings. The van der Waals surface area contributed by atoms with Gasteiger partial charge in [0.05, 0.1) is 28.5 Å². The molecule has 0 saturated heterocycles. The zero-order valence-electron chi connectivity index (χ0n) is 19.7. The van der Waals surface area contributed by atoms with Crippen molar-refractivity contribution in [3.63, 3.8) is 0 Å². The van der Waals surface area contributed by atoms with Crippen molar-refractivity contribution >= 4 is 46.7 Å². The number of esters is 1. The zero-order valence-corrected chi connectivity index (χ0v) is 22.1. The van der Waals surface area contributed by atoms with Crippen LogP contribution in [0.3, 0.4) is 0 Å². The van der Waals surface area contributed by atoms with Crippen molar-refractivity contribution < 1.29 is 18.3 Å². The summed E-state index contributed by atoms with van der Waals surface area (Å²) < 4.78 is 26.7. The van der Waals surface area contributed by atoms with Crippen LogP contribution < -0.4 is 14.9 Å². The lowest BCUT2D eigenvalue weighted by Crippen LogP contribution is -2.39. The van der Waals surface area contributed by atoms with E-state index in [0.717, 1.165) is 4.90 Å². The van der Waals surface area contributed by atoms with Gasteiger partial charge in [-0.1, -0.05) is 46.8 Å².